The molecule has 0 radical (unpaired) electrons. The second-order valence-corrected chi connectivity index (χ2v) is 14.0. The van der Waals surface area contributed by atoms with Gasteiger partial charge in [0.15, 0.2) is 5.96 Å². The average molecular weight is 635 g/mol. The van der Waals surface area contributed by atoms with Crippen LogP contribution in [-0.4, -0.2) is 99.0 Å². The van der Waals surface area contributed by atoms with Gasteiger partial charge in [0.05, 0.1) is 12.9 Å². The Morgan fingerprint density at radius 3 is 2.36 bits per heavy atom. The molecule has 14 heteroatoms. The van der Waals surface area contributed by atoms with Gasteiger partial charge in [0.25, 0.3) is 5.91 Å². The summed E-state index contributed by atoms with van der Waals surface area (Å²) < 4.78 is 31.5. The highest BCUT2D eigenvalue weighted by Crippen LogP contribution is 2.24. The zero-order valence-electron chi connectivity index (χ0n) is 26.1. The molecule has 2 heterocycles. The lowest BCUT2D eigenvalue weighted by Gasteiger charge is -2.33. The smallest absolute Gasteiger partial charge is 0.302 e. The highest BCUT2D eigenvalue weighted by molar-refractivity contribution is 7.88. The number of hydrogen-bond donors (Lipinski definition) is 3. The van der Waals surface area contributed by atoms with Gasteiger partial charge in [0, 0.05) is 38.5 Å². The maximum atomic E-state index is 13.5. The number of esters is 1. The Balaban J connectivity index is 1.51. The normalized spacial score (nSPS) is 19.0. The van der Waals surface area contributed by atoms with Crippen molar-refractivity contribution in [2.24, 2.45) is 22.1 Å². The average Bonchev–Trinajstić information content (AvgIpc) is 3.45. The summed E-state index contributed by atoms with van der Waals surface area (Å²) in [5.41, 5.74) is 6.13. The van der Waals surface area contributed by atoms with Gasteiger partial charge in [-0.25, -0.2) is 13.1 Å². The van der Waals surface area contributed by atoms with Crippen molar-refractivity contribution in [1.82, 2.24) is 19.8 Å². The summed E-state index contributed by atoms with van der Waals surface area (Å²) in [5, 5.41) is 3.00. The van der Waals surface area contributed by atoms with Gasteiger partial charge in [0.1, 0.15) is 12.1 Å². The molecule has 0 spiro atoms. The lowest BCUT2D eigenvalue weighted by atomic mass is 9.89. The standard InChI is InChI=1S/C30H46N6O7S/c1-21(37)43-18-14-30(2,3)28(40)33-29(31)35-16-12-23(13-17-35)20-32-26(38)25-11-8-15-36(25)27(39)24(34-44(4,41)42)19-22-9-6-5-7-10-22/h5-7,9-10,23-25,34H,8,11-20H2,1-4H3,(H,32,38)(H2,31,33,40)/t24-,25+/m1/s1. The Hall–Kier alpha value is -3.52. The molecule has 4 N–H and O–H groups in total. The third kappa shape index (κ3) is 10.6. The van der Waals surface area contributed by atoms with Gasteiger partial charge in [-0.15, -0.1) is 0 Å². The van der Waals surface area contributed by atoms with E-state index in [1.165, 1.54) is 11.8 Å². The lowest BCUT2D eigenvalue weighted by molar-refractivity contribution is -0.143. The van der Waals surface area contributed by atoms with Crippen molar-refractivity contribution in [1.29, 1.82) is 0 Å². The van der Waals surface area contributed by atoms with E-state index in [4.69, 9.17) is 10.5 Å². The Labute approximate surface area is 260 Å². The van der Waals surface area contributed by atoms with Crippen LogP contribution in [0.5, 0.6) is 0 Å². The summed E-state index contributed by atoms with van der Waals surface area (Å²) >= 11 is 0. The number of nitrogens with zero attached hydrogens (tertiary/aromatic N) is 3. The van der Waals surface area contributed by atoms with Crippen LogP contribution in [0.25, 0.3) is 0 Å². The summed E-state index contributed by atoms with van der Waals surface area (Å²) in [6, 6.07) is 7.48. The van der Waals surface area contributed by atoms with E-state index in [0.29, 0.717) is 45.4 Å². The number of sulfonamides is 1. The zero-order chi connectivity index (χ0) is 32.5. The molecule has 44 heavy (non-hydrogen) atoms. The number of rotatable bonds is 12. The van der Waals surface area contributed by atoms with Gasteiger partial charge in [-0.05, 0) is 50.0 Å². The van der Waals surface area contributed by atoms with Crippen LogP contribution in [0.4, 0.5) is 0 Å². The van der Waals surface area contributed by atoms with Crippen molar-refractivity contribution in [3.8, 4) is 0 Å². The molecule has 13 nitrogen and oxygen atoms in total. The second kappa shape index (κ2) is 15.5. The van der Waals surface area contributed by atoms with Crippen molar-refractivity contribution >= 4 is 39.7 Å². The number of carbonyl (C=O) groups excluding carboxylic acids is 4. The van der Waals surface area contributed by atoms with E-state index in [9.17, 15) is 27.6 Å². The number of likely N-dealkylation sites (tertiary alicyclic amines) is 2. The van der Waals surface area contributed by atoms with Crippen molar-refractivity contribution in [2.45, 2.75) is 71.4 Å². The van der Waals surface area contributed by atoms with E-state index >= 15 is 0 Å². The minimum Gasteiger partial charge on any atom is -0.466 e. The Bertz CT molecular complexity index is 1310. The van der Waals surface area contributed by atoms with Crippen LogP contribution < -0.4 is 15.8 Å². The molecule has 2 aliphatic heterocycles. The first kappa shape index (κ1) is 35.0. The van der Waals surface area contributed by atoms with Gasteiger partial charge in [-0.3, -0.25) is 19.2 Å². The maximum absolute atomic E-state index is 13.5. The van der Waals surface area contributed by atoms with Crippen molar-refractivity contribution in [3.63, 3.8) is 0 Å². The Kier molecular flexibility index (Phi) is 12.3. The summed E-state index contributed by atoms with van der Waals surface area (Å²) in [6.45, 7) is 6.86. The van der Waals surface area contributed by atoms with Crippen molar-refractivity contribution in [2.75, 3.05) is 39.0 Å². The van der Waals surface area contributed by atoms with E-state index in [-0.39, 0.29) is 36.7 Å². The second-order valence-electron chi connectivity index (χ2n) is 12.2. The molecular weight excluding hydrogens is 588 g/mol. The van der Waals surface area contributed by atoms with Crippen LogP contribution in [0.2, 0.25) is 0 Å². The number of piperidine rings is 1. The fourth-order valence-corrected chi connectivity index (χ4v) is 6.10. The predicted molar refractivity (Wildman–Crippen MR) is 166 cm³/mol. The van der Waals surface area contributed by atoms with Crippen LogP contribution in [0.3, 0.4) is 0 Å². The van der Waals surface area contributed by atoms with E-state index in [1.807, 2.05) is 35.2 Å². The number of aliphatic imine (C=N–C) groups is 1. The summed E-state index contributed by atoms with van der Waals surface area (Å²) in [6.07, 6.45) is 4.14. The first-order valence-electron chi connectivity index (χ1n) is 15.0. The molecule has 3 amide bonds. The number of hydrogen-bond acceptors (Lipinski definition) is 7. The molecule has 0 saturated carbocycles. The molecule has 0 bridgehead atoms. The highest BCUT2D eigenvalue weighted by atomic mass is 32.2. The van der Waals surface area contributed by atoms with Crippen molar-refractivity contribution < 1.29 is 32.3 Å². The fraction of sp³-hybridized carbons (Fsp3) is 0.633. The summed E-state index contributed by atoms with van der Waals surface area (Å²) in [7, 11) is -3.67. The number of nitrogens with one attached hydrogen (secondary N) is 2. The molecular formula is C30H46N6O7S. The number of nitrogens with two attached hydrogens (primary N) is 1. The summed E-state index contributed by atoms with van der Waals surface area (Å²) in [5.74, 6) is -1.13. The van der Waals surface area contributed by atoms with Crippen LogP contribution in [0, 0.1) is 11.3 Å². The number of amides is 3. The number of guanidine groups is 1. The fourth-order valence-electron chi connectivity index (χ4n) is 5.40. The van der Waals surface area contributed by atoms with Crippen LogP contribution in [-0.2, 0) is 40.4 Å². The van der Waals surface area contributed by atoms with E-state index < -0.39 is 39.4 Å². The number of benzene rings is 1. The molecule has 2 fully saturated rings. The molecule has 2 atom stereocenters. The minimum absolute atomic E-state index is 0.124. The highest BCUT2D eigenvalue weighted by Gasteiger charge is 2.38. The molecule has 3 rings (SSSR count). The molecule has 1 aromatic carbocycles. The minimum atomic E-state index is -3.67. The van der Waals surface area contributed by atoms with Crippen LogP contribution in [0.1, 0.15) is 58.4 Å². The first-order valence-corrected chi connectivity index (χ1v) is 16.9. The molecule has 1 aromatic rings. The molecule has 2 saturated heterocycles. The van der Waals surface area contributed by atoms with E-state index in [2.05, 4.69) is 15.0 Å². The Morgan fingerprint density at radius 1 is 1.09 bits per heavy atom. The molecule has 0 unspecified atom stereocenters. The third-order valence-corrected chi connectivity index (χ3v) is 8.82. The largest absolute Gasteiger partial charge is 0.466 e. The first-order chi connectivity index (χ1) is 20.7. The van der Waals surface area contributed by atoms with Crippen LogP contribution in [0.15, 0.2) is 35.3 Å². The van der Waals surface area contributed by atoms with Gasteiger partial charge in [0.2, 0.25) is 21.8 Å². The number of carbonyl (C=O) groups is 4. The topological polar surface area (TPSA) is 181 Å². The summed E-state index contributed by atoms with van der Waals surface area (Å²) in [4.78, 5) is 57.9. The van der Waals surface area contributed by atoms with Gasteiger partial charge in [-0.2, -0.15) is 4.99 Å². The predicted octanol–water partition coefficient (Wildman–Crippen LogP) is 0.787. The van der Waals surface area contributed by atoms with E-state index in [0.717, 1.165) is 24.7 Å². The van der Waals surface area contributed by atoms with Crippen molar-refractivity contribution in [3.05, 3.63) is 35.9 Å². The number of ether oxygens (including phenoxy) is 1. The monoisotopic (exact) mass is 634 g/mol. The zero-order valence-corrected chi connectivity index (χ0v) is 26.9. The lowest BCUT2D eigenvalue weighted by Crippen LogP contribution is -2.54. The molecule has 0 aromatic heterocycles. The maximum Gasteiger partial charge on any atom is 0.302 e. The third-order valence-electron chi connectivity index (χ3n) is 8.11. The quantitative estimate of drug-likeness (QED) is 0.170. The molecule has 0 aliphatic carbocycles. The molecule has 244 valence electrons. The van der Waals surface area contributed by atoms with Crippen LogP contribution >= 0.6 is 0 Å². The van der Waals surface area contributed by atoms with E-state index in [1.54, 1.807) is 13.8 Å². The molecule has 2 aliphatic rings. The van der Waals surface area contributed by atoms with Gasteiger partial charge in [-0.1, -0.05) is 44.2 Å². The SMILES string of the molecule is CC(=O)OCCC(C)(C)C(=O)/N=C(\N)N1CCC(CNC(=O)[C@@H]2CCCN2C(=O)[C@@H](Cc2ccccc2)NS(C)(=O)=O)CC1. The Morgan fingerprint density at radius 2 is 1.75 bits per heavy atom. The van der Waals surface area contributed by atoms with Gasteiger partial charge < -0.3 is 25.6 Å². The van der Waals surface area contributed by atoms with Gasteiger partial charge >= 0.3 is 5.97 Å².